The lowest BCUT2D eigenvalue weighted by atomic mass is 10.0. The topological polar surface area (TPSA) is 139 Å². The number of carboxylic acid groups (broad SMARTS) is 1. The average molecular weight is 343 g/mol. The summed E-state index contributed by atoms with van der Waals surface area (Å²) in [7, 11) is 0. The van der Waals surface area contributed by atoms with Crippen LogP contribution in [0, 0.1) is 10.1 Å². The molecule has 25 heavy (non-hydrogen) atoms. The lowest BCUT2D eigenvalue weighted by Gasteiger charge is -2.10. The summed E-state index contributed by atoms with van der Waals surface area (Å²) in [5, 5.41) is 25.2. The Labute approximate surface area is 141 Å². The van der Waals surface area contributed by atoms with E-state index in [1.54, 1.807) is 12.1 Å². The van der Waals surface area contributed by atoms with Gasteiger partial charge in [-0.05, 0) is 24.3 Å². The number of nitrogens with one attached hydrogen (secondary N) is 2. The number of nitro benzene ring substituents is 1. The summed E-state index contributed by atoms with van der Waals surface area (Å²) >= 11 is 0. The monoisotopic (exact) mass is 343 g/mol. The number of rotatable bonds is 5. The Bertz CT molecular complexity index is 846. The molecule has 0 bridgehead atoms. The minimum atomic E-state index is -1.46. The first-order chi connectivity index (χ1) is 11.8. The summed E-state index contributed by atoms with van der Waals surface area (Å²) in [4.78, 5) is 45.1. The van der Waals surface area contributed by atoms with Crippen LogP contribution in [0.25, 0.3) is 0 Å². The first kappa shape index (κ1) is 17.6. The van der Waals surface area contributed by atoms with Gasteiger partial charge in [-0.2, -0.15) is 0 Å². The van der Waals surface area contributed by atoms with Crippen molar-refractivity contribution in [3.05, 3.63) is 63.7 Å². The molecule has 2 amide bonds. The van der Waals surface area contributed by atoms with Crippen LogP contribution in [0.5, 0.6) is 0 Å². The third kappa shape index (κ3) is 4.16. The van der Waals surface area contributed by atoms with E-state index >= 15 is 0 Å². The zero-order valence-corrected chi connectivity index (χ0v) is 13.0. The first-order valence-corrected chi connectivity index (χ1v) is 6.99. The second-order valence-electron chi connectivity index (χ2n) is 4.98. The molecule has 128 valence electrons. The van der Waals surface area contributed by atoms with Gasteiger partial charge in [-0.1, -0.05) is 12.1 Å². The molecular weight excluding hydrogens is 330 g/mol. The molecule has 0 spiro atoms. The van der Waals surface area contributed by atoms with Gasteiger partial charge in [0.1, 0.15) is 5.56 Å². The number of hydrogen-bond donors (Lipinski definition) is 3. The van der Waals surface area contributed by atoms with Crippen LogP contribution in [0.1, 0.15) is 27.6 Å². The second-order valence-corrected chi connectivity index (χ2v) is 4.98. The van der Waals surface area contributed by atoms with Crippen LogP contribution in [-0.2, 0) is 4.79 Å². The molecule has 3 N–H and O–H groups in total. The molecule has 9 heteroatoms. The van der Waals surface area contributed by atoms with Crippen LogP contribution < -0.4 is 10.6 Å². The maximum Gasteiger partial charge on any atom is 0.336 e. The van der Waals surface area contributed by atoms with Crippen molar-refractivity contribution < 1.29 is 24.4 Å². The van der Waals surface area contributed by atoms with Gasteiger partial charge in [0, 0.05) is 24.4 Å². The maximum absolute atomic E-state index is 12.4. The molecule has 0 saturated carbocycles. The fourth-order valence-electron chi connectivity index (χ4n) is 2.18. The van der Waals surface area contributed by atoms with Gasteiger partial charge in [-0.15, -0.1) is 0 Å². The molecule has 0 fully saturated rings. The van der Waals surface area contributed by atoms with Gasteiger partial charge in [0.2, 0.25) is 5.91 Å². The van der Waals surface area contributed by atoms with Crippen molar-refractivity contribution >= 4 is 34.8 Å². The number of hydrogen-bond acceptors (Lipinski definition) is 5. The molecule has 2 rings (SSSR count). The van der Waals surface area contributed by atoms with Gasteiger partial charge >= 0.3 is 5.97 Å². The predicted molar refractivity (Wildman–Crippen MR) is 88.8 cm³/mol. The van der Waals surface area contributed by atoms with E-state index in [-0.39, 0.29) is 11.6 Å². The third-order valence-electron chi connectivity index (χ3n) is 3.14. The summed E-state index contributed by atoms with van der Waals surface area (Å²) in [6.45, 7) is 1.32. The Morgan fingerprint density at radius 3 is 2.20 bits per heavy atom. The summed E-state index contributed by atoms with van der Waals surface area (Å²) in [6.07, 6.45) is 0. The van der Waals surface area contributed by atoms with Gasteiger partial charge in [-0.3, -0.25) is 19.7 Å². The van der Waals surface area contributed by atoms with E-state index in [2.05, 4.69) is 10.6 Å². The Balaban J connectivity index is 2.40. The molecule has 0 unspecified atom stereocenters. The fourth-order valence-corrected chi connectivity index (χ4v) is 2.18. The van der Waals surface area contributed by atoms with Crippen LogP contribution in [0.2, 0.25) is 0 Å². The Morgan fingerprint density at radius 2 is 1.64 bits per heavy atom. The average Bonchev–Trinajstić information content (AvgIpc) is 2.53. The van der Waals surface area contributed by atoms with Crippen LogP contribution >= 0.6 is 0 Å². The van der Waals surface area contributed by atoms with Gasteiger partial charge in [0.05, 0.1) is 10.5 Å². The zero-order chi connectivity index (χ0) is 18.6. The van der Waals surface area contributed by atoms with Crippen molar-refractivity contribution in [2.45, 2.75) is 6.92 Å². The first-order valence-electron chi connectivity index (χ1n) is 6.99. The van der Waals surface area contributed by atoms with Crippen molar-refractivity contribution in [2.24, 2.45) is 0 Å². The quantitative estimate of drug-likeness (QED) is 0.563. The lowest BCUT2D eigenvalue weighted by molar-refractivity contribution is -0.385. The number of aromatic carboxylic acids is 1. The van der Waals surface area contributed by atoms with Crippen LogP contribution in [0.15, 0.2) is 42.5 Å². The Kier molecular flexibility index (Phi) is 5.08. The van der Waals surface area contributed by atoms with Gasteiger partial charge < -0.3 is 15.7 Å². The summed E-state index contributed by atoms with van der Waals surface area (Å²) in [5.74, 6) is -2.71. The highest BCUT2D eigenvalue weighted by atomic mass is 16.6. The van der Waals surface area contributed by atoms with Gasteiger partial charge in [-0.25, -0.2) is 4.79 Å². The largest absolute Gasteiger partial charge is 0.478 e. The highest BCUT2D eigenvalue weighted by Gasteiger charge is 2.27. The van der Waals surface area contributed by atoms with Gasteiger partial charge in [0.15, 0.2) is 0 Å². The molecule has 0 radical (unpaired) electrons. The Morgan fingerprint density at radius 1 is 1.04 bits per heavy atom. The number of carboxylic acids is 1. The fraction of sp³-hybridized carbons (Fsp3) is 0.0625. The van der Waals surface area contributed by atoms with Crippen molar-refractivity contribution in [3.8, 4) is 0 Å². The minimum Gasteiger partial charge on any atom is -0.478 e. The summed E-state index contributed by atoms with van der Waals surface area (Å²) in [5.41, 5.74) is -0.998. The number of carbonyl (C=O) groups is 3. The predicted octanol–water partition coefficient (Wildman–Crippen LogP) is 2.50. The van der Waals surface area contributed by atoms with E-state index in [0.717, 1.165) is 12.1 Å². The highest BCUT2D eigenvalue weighted by Crippen LogP contribution is 2.24. The minimum absolute atomic E-state index is 0.241. The molecule has 0 aliphatic rings. The number of nitro groups is 1. The maximum atomic E-state index is 12.4. The van der Waals surface area contributed by atoms with E-state index < -0.39 is 33.6 Å². The molecule has 2 aromatic carbocycles. The normalized spacial score (nSPS) is 9.96. The number of benzene rings is 2. The molecule has 9 nitrogen and oxygen atoms in total. The molecule has 0 aliphatic carbocycles. The number of amides is 2. The number of anilines is 2. The van der Waals surface area contributed by atoms with Gasteiger partial charge in [0.25, 0.3) is 11.6 Å². The van der Waals surface area contributed by atoms with E-state index in [1.807, 2.05) is 0 Å². The van der Waals surface area contributed by atoms with E-state index in [4.69, 9.17) is 0 Å². The SMILES string of the molecule is CC(=O)Nc1cccc(NC(=O)c2c(C(=O)O)cccc2[N+](=O)[O-])c1. The highest BCUT2D eigenvalue weighted by molar-refractivity contribution is 6.13. The molecule has 0 heterocycles. The smallest absolute Gasteiger partial charge is 0.336 e. The molecule has 0 aromatic heterocycles. The van der Waals surface area contributed by atoms with Crippen molar-refractivity contribution in [3.63, 3.8) is 0 Å². The summed E-state index contributed by atoms with van der Waals surface area (Å²) < 4.78 is 0. The van der Waals surface area contributed by atoms with Crippen LogP contribution in [-0.4, -0.2) is 27.8 Å². The van der Waals surface area contributed by atoms with Crippen molar-refractivity contribution in [2.75, 3.05) is 10.6 Å². The molecule has 0 atom stereocenters. The Hall–Kier alpha value is -3.75. The molecule has 0 aliphatic heterocycles. The van der Waals surface area contributed by atoms with Crippen LogP contribution in [0.3, 0.4) is 0 Å². The van der Waals surface area contributed by atoms with Crippen molar-refractivity contribution in [1.29, 1.82) is 0 Å². The zero-order valence-electron chi connectivity index (χ0n) is 13.0. The number of carbonyl (C=O) groups excluding carboxylic acids is 2. The molecule has 0 saturated heterocycles. The molecular formula is C16H13N3O6. The standard InChI is InChI=1S/C16H13N3O6/c1-9(20)17-10-4-2-5-11(8-10)18-15(21)14-12(16(22)23)6-3-7-13(14)19(24)25/h2-8H,1H3,(H,17,20)(H,18,21)(H,22,23). The molecule has 2 aromatic rings. The second kappa shape index (κ2) is 7.21. The third-order valence-corrected chi connectivity index (χ3v) is 3.14. The van der Waals surface area contributed by atoms with E-state index in [1.165, 1.54) is 25.1 Å². The lowest BCUT2D eigenvalue weighted by Crippen LogP contribution is -2.18. The van der Waals surface area contributed by atoms with Crippen LogP contribution in [0.4, 0.5) is 17.1 Å². The van der Waals surface area contributed by atoms with Crippen molar-refractivity contribution in [1.82, 2.24) is 0 Å². The number of nitrogens with zero attached hydrogens (tertiary/aromatic N) is 1. The van der Waals surface area contributed by atoms with E-state index in [0.29, 0.717) is 5.69 Å². The van der Waals surface area contributed by atoms with E-state index in [9.17, 15) is 29.6 Å². The summed E-state index contributed by atoms with van der Waals surface area (Å²) in [6, 6.07) is 9.43.